The van der Waals surface area contributed by atoms with Gasteiger partial charge in [-0.3, -0.25) is 0 Å². The van der Waals surface area contributed by atoms with Crippen molar-refractivity contribution in [3.05, 3.63) is 68.1 Å². The molecule has 0 radical (unpaired) electrons. The van der Waals surface area contributed by atoms with Gasteiger partial charge in [-0.25, -0.2) is 0 Å². The first kappa shape index (κ1) is 16.5. The molecule has 0 atom stereocenters. The van der Waals surface area contributed by atoms with Crippen LogP contribution in [0.15, 0.2) is 51.4 Å². The summed E-state index contributed by atoms with van der Waals surface area (Å²) >= 11 is 6.83. The Morgan fingerprint density at radius 3 is 1.95 bits per heavy atom. The summed E-state index contributed by atoms with van der Waals surface area (Å²) in [5.41, 5.74) is 1.29. The fourth-order valence-corrected chi connectivity index (χ4v) is 2.49. The van der Waals surface area contributed by atoms with Gasteiger partial charge in [0, 0.05) is 22.0 Å². The molecule has 6 heteroatoms. The number of nitrogens with one attached hydrogen (secondary N) is 1. The van der Waals surface area contributed by atoms with E-state index in [0.29, 0.717) is 13.1 Å². The second kappa shape index (κ2) is 6.94. The van der Waals surface area contributed by atoms with Crippen LogP contribution < -0.4 is 5.32 Å². The van der Waals surface area contributed by atoms with E-state index in [0.717, 1.165) is 32.2 Å². The lowest BCUT2D eigenvalue weighted by Crippen LogP contribution is -2.13. The van der Waals surface area contributed by atoms with Gasteiger partial charge in [0.2, 0.25) is 0 Å². The number of alkyl halides is 3. The van der Waals surface area contributed by atoms with E-state index < -0.39 is 11.7 Å². The summed E-state index contributed by atoms with van der Waals surface area (Å²) < 4.78 is 39.3. The Labute approximate surface area is 137 Å². The van der Waals surface area contributed by atoms with Crippen LogP contribution in [0.4, 0.5) is 13.2 Å². The minimum absolute atomic E-state index is 0.520. The number of hydrogen-bond acceptors (Lipinski definition) is 1. The van der Waals surface area contributed by atoms with Crippen LogP contribution in [0.1, 0.15) is 16.7 Å². The Bertz CT molecular complexity index is 609. The van der Waals surface area contributed by atoms with Crippen molar-refractivity contribution in [3.63, 3.8) is 0 Å². The molecule has 2 rings (SSSR count). The van der Waals surface area contributed by atoms with Crippen LogP contribution in [0.3, 0.4) is 0 Å². The van der Waals surface area contributed by atoms with Gasteiger partial charge in [0.25, 0.3) is 0 Å². The lowest BCUT2D eigenvalue weighted by Gasteiger charge is -2.09. The minimum Gasteiger partial charge on any atom is -0.309 e. The highest BCUT2D eigenvalue weighted by atomic mass is 79.9. The summed E-state index contributed by atoms with van der Waals surface area (Å²) in [4.78, 5) is 0. The molecule has 0 amide bonds. The first-order valence-electron chi connectivity index (χ1n) is 6.17. The minimum atomic E-state index is -4.28. The highest BCUT2D eigenvalue weighted by Gasteiger charge is 2.29. The van der Waals surface area contributed by atoms with Crippen molar-refractivity contribution in [1.29, 1.82) is 0 Å². The van der Waals surface area contributed by atoms with Gasteiger partial charge in [-0.1, -0.05) is 18.2 Å². The van der Waals surface area contributed by atoms with Crippen molar-refractivity contribution >= 4 is 31.9 Å². The fourth-order valence-electron chi connectivity index (χ4n) is 1.81. The van der Waals surface area contributed by atoms with Gasteiger partial charge in [-0.05, 0) is 67.3 Å². The van der Waals surface area contributed by atoms with Crippen LogP contribution >= 0.6 is 31.9 Å². The van der Waals surface area contributed by atoms with Gasteiger partial charge in [-0.15, -0.1) is 0 Å². The van der Waals surface area contributed by atoms with Gasteiger partial charge >= 0.3 is 6.18 Å². The Balaban J connectivity index is 1.90. The van der Waals surface area contributed by atoms with E-state index in [9.17, 15) is 13.2 Å². The van der Waals surface area contributed by atoms with Gasteiger partial charge in [0.15, 0.2) is 0 Å². The Morgan fingerprint density at radius 2 is 1.38 bits per heavy atom. The van der Waals surface area contributed by atoms with E-state index in [-0.39, 0.29) is 0 Å². The first-order valence-corrected chi connectivity index (χ1v) is 7.75. The van der Waals surface area contributed by atoms with E-state index in [1.165, 1.54) is 12.1 Å². The van der Waals surface area contributed by atoms with Crippen molar-refractivity contribution < 1.29 is 13.2 Å². The zero-order valence-electron chi connectivity index (χ0n) is 10.8. The van der Waals surface area contributed by atoms with E-state index in [1.807, 2.05) is 18.2 Å². The van der Waals surface area contributed by atoms with Crippen LogP contribution in [-0.2, 0) is 19.3 Å². The molecule has 0 unspecified atom stereocenters. The van der Waals surface area contributed by atoms with Crippen molar-refractivity contribution in [1.82, 2.24) is 5.32 Å². The maximum Gasteiger partial charge on any atom is 0.416 e. The third-order valence-corrected chi connectivity index (χ3v) is 4.80. The molecule has 0 heterocycles. The van der Waals surface area contributed by atoms with Crippen LogP contribution in [0.5, 0.6) is 0 Å². The van der Waals surface area contributed by atoms with Crippen LogP contribution in [0, 0.1) is 0 Å². The maximum atomic E-state index is 12.4. The summed E-state index contributed by atoms with van der Waals surface area (Å²) in [6.07, 6.45) is -4.28. The maximum absolute atomic E-state index is 12.4. The predicted octanol–water partition coefficient (Wildman–Crippen LogP) is 5.52. The fraction of sp³-hybridized carbons (Fsp3) is 0.200. The molecule has 1 nitrogen and oxygen atoms in total. The van der Waals surface area contributed by atoms with Gasteiger partial charge in [0.1, 0.15) is 0 Å². The summed E-state index contributed by atoms with van der Waals surface area (Å²) in [5.74, 6) is 0. The summed E-state index contributed by atoms with van der Waals surface area (Å²) in [5, 5.41) is 3.21. The molecule has 2 aromatic rings. The number of rotatable bonds is 4. The molecule has 0 aliphatic heterocycles. The molecule has 1 N–H and O–H groups in total. The highest BCUT2D eigenvalue weighted by molar-refractivity contribution is 9.13. The average molecular weight is 423 g/mol. The molecule has 0 aliphatic rings. The SMILES string of the molecule is FC(F)(F)c1ccc(CNCc2ccc(Br)c(Br)c2)cc1. The normalized spacial score (nSPS) is 11.7. The second-order valence-corrected chi connectivity index (χ2v) is 6.26. The van der Waals surface area contributed by atoms with Crippen molar-refractivity contribution in [2.75, 3.05) is 0 Å². The van der Waals surface area contributed by atoms with E-state index in [2.05, 4.69) is 37.2 Å². The average Bonchev–Trinajstić information content (AvgIpc) is 2.42. The van der Waals surface area contributed by atoms with Crippen LogP contribution in [-0.4, -0.2) is 0 Å². The van der Waals surface area contributed by atoms with Gasteiger partial charge in [-0.2, -0.15) is 13.2 Å². The molecule has 2 aromatic carbocycles. The Morgan fingerprint density at radius 1 is 0.810 bits per heavy atom. The molecule has 0 spiro atoms. The molecular formula is C15H12Br2F3N. The summed E-state index contributed by atoms with van der Waals surface area (Å²) in [6.45, 7) is 1.17. The third-order valence-electron chi connectivity index (χ3n) is 2.92. The van der Waals surface area contributed by atoms with Crippen molar-refractivity contribution in [2.24, 2.45) is 0 Å². The molecule has 0 saturated heterocycles. The standard InChI is InChI=1S/C15H12Br2F3N/c16-13-6-3-11(7-14(13)17)9-21-8-10-1-4-12(5-2-10)15(18,19)20/h1-7,21H,8-9H2. The Hall–Kier alpha value is -0.850. The number of halogens is 5. The van der Waals surface area contributed by atoms with E-state index in [4.69, 9.17) is 0 Å². The van der Waals surface area contributed by atoms with Gasteiger partial charge < -0.3 is 5.32 Å². The lowest BCUT2D eigenvalue weighted by molar-refractivity contribution is -0.137. The highest BCUT2D eigenvalue weighted by Crippen LogP contribution is 2.29. The van der Waals surface area contributed by atoms with Crippen molar-refractivity contribution in [2.45, 2.75) is 19.3 Å². The Kier molecular flexibility index (Phi) is 5.46. The smallest absolute Gasteiger partial charge is 0.309 e. The summed E-state index contributed by atoms with van der Waals surface area (Å²) in [6, 6.07) is 11.1. The van der Waals surface area contributed by atoms with E-state index >= 15 is 0 Å². The van der Waals surface area contributed by atoms with E-state index in [1.54, 1.807) is 0 Å². The first-order chi connectivity index (χ1) is 9.86. The number of hydrogen-bond donors (Lipinski definition) is 1. The predicted molar refractivity (Wildman–Crippen MR) is 83.8 cm³/mol. The van der Waals surface area contributed by atoms with Crippen molar-refractivity contribution in [3.8, 4) is 0 Å². The molecule has 0 fully saturated rings. The zero-order valence-corrected chi connectivity index (χ0v) is 14.0. The van der Waals surface area contributed by atoms with Gasteiger partial charge in [0.05, 0.1) is 5.56 Å². The summed E-state index contributed by atoms with van der Waals surface area (Å²) in [7, 11) is 0. The molecule has 0 aromatic heterocycles. The van der Waals surface area contributed by atoms with Crippen LogP contribution in [0.25, 0.3) is 0 Å². The molecule has 0 aliphatic carbocycles. The molecule has 0 saturated carbocycles. The monoisotopic (exact) mass is 421 g/mol. The molecule has 21 heavy (non-hydrogen) atoms. The quantitative estimate of drug-likeness (QED) is 0.683. The van der Waals surface area contributed by atoms with Crippen LogP contribution in [0.2, 0.25) is 0 Å². The number of benzene rings is 2. The zero-order chi connectivity index (χ0) is 15.5. The lowest BCUT2D eigenvalue weighted by atomic mass is 10.1. The molecule has 112 valence electrons. The molecule has 0 bridgehead atoms. The topological polar surface area (TPSA) is 12.0 Å². The third kappa shape index (κ3) is 4.83. The molecular weight excluding hydrogens is 411 g/mol. The second-order valence-electron chi connectivity index (χ2n) is 4.55. The largest absolute Gasteiger partial charge is 0.416 e.